The largest absolute Gasteiger partial charge is 0.454 e. The molecule has 2 aromatic carbocycles. The Morgan fingerprint density at radius 1 is 0.971 bits per heavy atom. The van der Waals surface area contributed by atoms with E-state index in [2.05, 4.69) is 17.0 Å². The standard InChI is InChI=1S/C30H39N2O3/c1-23-11-13-24(14-12-23)27(33)21-32-19-15-25(16-20-32)28(22-32)35-29(34)30(2,26-9-5-3-6-10-26)31-17-7-4-8-18-31/h3,5-6,9-14,25,28H,4,7-8,15-22H2,1-2H3/q+1/t25?,28-,30+,32?/m1/s1. The van der Waals surface area contributed by atoms with E-state index >= 15 is 0 Å². The molecule has 2 aromatic rings. The van der Waals surface area contributed by atoms with Gasteiger partial charge in [0.25, 0.3) is 0 Å². The lowest BCUT2D eigenvalue weighted by molar-refractivity contribution is -0.938. The van der Waals surface area contributed by atoms with E-state index in [1.807, 2.05) is 56.3 Å². The number of piperidine rings is 4. The molecule has 2 atom stereocenters. The second-order valence-electron chi connectivity index (χ2n) is 11.2. The number of likely N-dealkylation sites (tertiary alicyclic amines) is 1. The van der Waals surface area contributed by atoms with Gasteiger partial charge in [-0.2, -0.15) is 0 Å². The Balaban J connectivity index is 1.33. The van der Waals surface area contributed by atoms with Gasteiger partial charge in [0.05, 0.1) is 13.1 Å². The molecule has 186 valence electrons. The highest BCUT2D eigenvalue weighted by Gasteiger charge is 2.51. The summed E-state index contributed by atoms with van der Waals surface area (Å²) < 4.78 is 7.16. The predicted molar refractivity (Wildman–Crippen MR) is 137 cm³/mol. The number of quaternary nitrogens is 1. The number of esters is 1. The van der Waals surface area contributed by atoms with E-state index in [9.17, 15) is 9.59 Å². The van der Waals surface area contributed by atoms with Gasteiger partial charge in [-0.25, -0.2) is 4.79 Å². The van der Waals surface area contributed by atoms with Crippen LogP contribution in [0.15, 0.2) is 54.6 Å². The van der Waals surface area contributed by atoms with Crippen molar-refractivity contribution in [1.82, 2.24) is 4.90 Å². The number of carbonyl (C=O) groups excluding carboxylic acids is 2. The topological polar surface area (TPSA) is 46.6 Å². The SMILES string of the molecule is Cc1ccc(C(=O)C[N+]23CCC(CC2)[C@H](OC(=O)[C@](C)(c2ccccc2)N2CCCCC2)C3)cc1. The summed E-state index contributed by atoms with van der Waals surface area (Å²) >= 11 is 0. The quantitative estimate of drug-likeness (QED) is 0.330. The lowest BCUT2D eigenvalue weighted by Gasteiger charge is -2.52. The Kier molecular flexibility index (Phi) is 6.82. The number of rotatable bonds is 7. The van der Waals surface area contributed by atoms with Crippen LogP contribution in [0, 0.1) is 12.8 Å². The summed E-state index contributed by atoms with van der Waals surface area (Å²) in [4.78, 5) is 29.4. The van der Waals surface area contributed by atoms with E-state index in [4.69, 9.17) is 4.74 Å². The minimum absolute atomic E-state index is 0.122. The number of Topliss-reactive ketones (excluding diaryl/α,β-unsaturated/α-hetero) is 1. The van der Waals surface area contributed by atoms with Crippen LogP contribution in [0.25, 0.3) is 0 Å². The van der Waals surface area contributed by atoms with Crippen molar-refractivity contribution in [1.29, 1.82) is 0 Å². The molecule has 4 aliphatic heterocycles. The van der Waals surface area contributed by atoms with Gasteiger partial charge in [-0.3, -0.25) is 9.69 Å². The van der Waals surface area contributed by atoms with E-state index in [0.717, 1.165) is 79.6 Å². The summed E-state index contributed by atoms with van der Waals surface area (Å²) in [7, 11) is 0. The molecule has 4 saturated heterocycles. The number of ether oxygens (including phenoxy) is 1. The number of carbonyl (C=O) groups is 2. The second-order valence-corrected chi connectivity index (χ2v) is 11.2. The highest BCUT2D eigenvalue weighted by atomic mass is 16.5. The molecule has 5 heteroatoms. The minimum Gasteiger partial charge on any atom is -0.454 e. The van der Waals surface area contributed by atoms with Crippen LogP contribution in [-0.4, -0.2) is 66.5 Å². The molecule has 6 rings (SSSR count). The molecule has 0 N–H and O–H groups in total. The summed E-state index contributed by atoms with van der Waals surface area (Å²) in [6.07, 6.45) is 5.36. The fourth-order valence-electron chi connectivity index (χ4n) is 6.50. The smallest absolute Gasteiger partial charge is 0.331 e. The van der Waals surface area contributed by atoms with E-state index in [0.29, 0.717) is 12.5 Å². The van der Waals surface area contributed by atoms with Gasteiger partial charge >= 0.3 is 5.97 Å². The van der Waals surface area contributed by atoms with Crippen molar-refractivity contribution in [3.05, 3.63) is 71.3 Å². The Labute approximate surface area is 209 Å². The summed E-state index contributed by atoms with van der Waals surface area (Å²) in [6.45, 7) is 9.15. The number of nitrogens with zero attached hydrogens (tertiary/aromatic N) is 2. The molecule has 4 heterocycles. The molecular formula is C30H39N2O3+. The fraction of sp³-hybridized carbons (Fsp3) is 0.533. The number of aryl methyl sites for hydroxylation is 1. The van der Waals surface area contributed by atoms with E-state index in [1.54, 1.807) is 0 Å². The third-order valence-electron chi connectivity index (χ3n) is 8.87. The zero-order chi connectivity index (χ0) is 24.5. The molecule has 4 aliphatic rings. The van der Waals surface area contributed by atoms with E-state index in [1.165, 1.54) is 6.42 Å². The molecule has 2 bridgehead atoms. The van der Waals surface area contributed by atoms with Gasteiger partial charge < -0.3 is 9.22 Å². The van der Waals surface area contributed by atoms with Gasteiger partial charge in [-0.05, 0) is 45.3 Å². The third-order valence-corrected chi connectivity index (χ3v) is 8.87. The summed E-state index contributed by atoms with van der Waals surface area (Å²) in [6, 6.07) is 18.0. The van der Waals surface area contributed by atoms with Gasteiger partial charge in [0.15, 0.2) is 6.10 Å². The Morgan fingerprint density at radius 3 is 2.29 bits per heavy atom. The molecular weight excluding hydrogens is 436 g/mol. The molecule has 0 spiro atoms. The fourth-order valence-corrected chi connectivity index (χ4v) is 6.50. The number of benzene rings is 2. The first-order chi connectivity index (χ1) is 16.9. The van der Waals surface area contributed by atoms with Gasteiger partial charge in [0.2, 0.25) is 5.78 Å². The molecule has 5 nitrogen and oxygen atoms in total. The number of hydrogen-bond donors (Lipinski definition) is 0. The van der Waals surface area contributed by atoms with Crippen molar-refractivity contribution in [3.8, 4) is 0 Å². The highest BCUT2D eigenvalue weighted by molar-refractivity contribution is 5.97. The normalized spacial score (nSPS) is 28.3. The molecule has 0 saturated carbocycles. The average Bonchev–Trinajstić information content (AvgIpc) is 2.90. The Morgan fingerprint density at radius 2 is 1.63 bits per heavy atom. The maximum absolute atomic E-state index is 14.0. The molecule has 0 aromatic heterocycles. The first-order valence-electron chi connectivity index (χ1n) is 13.4. The number of ketones is 1. The molecule has 0 aliphatic carbocycles. The lowest BCUT2D eigenvalue weighted by atomic mass is 9.82. The van der Waals surface area contributed by atoms with Gasteiger partial charge in [-0.1, -0.05) is 66.6 Å². The number of hydrogen-bond acceptors (Lipinski definition) is 4. The second kappa shape index (κ2) is 9.87. The van der Waals surface area contributed by atoms with Crippen molar-refractivity contribution in [2.75, 3.05) is 39.3 Å². The summed E-state index contributed by atoms with van der Waals surface area (Å²) in [5.41, 5.74) is 2.17. The van der Waals surface area contributed by atoms with Crippen molar-refractivity contribution < 1.29 is 18.8 Å². The van der Waals surface area contributed by atoms with Crippen LogP contribution in [0.2, 0.25) is 0 Å². The maximum Gasteiger partial charge on any atom is 0.331 e. The van der Waals surface area contributed by atoms with Gasteiger partial charge in [0, 0.05) is 24.3 Å². The van der Waals surface area contributed by atoms with Crippen molar-refractivity contribution >= 4 is 11.8 Å². The van der Waals surface area contributed by atoms with Crippen molar-refractivity contribution in [2.24, 2.45) is 5.92 Å². The first kappa shape index (κ1) is 24.2. The molecule has 4 fully saturated rings. The minimum atomic E-state index is -0.781. The molecule has 0 radical (unpaired) electrons. The predicted octanol–water partition coefficient (Wildman–Crippen LogP) is 4.73. The van der Waals surface area contributed by atoms with E-state index < -0.39 is 5.54 Å². The van der Waals surface area contributed by atoms with Crippen LogP contribution in [0.1, 0.15) is 60.5 Å². The highest BCUT2D eigenvalue weighted by Crippen LogP contribution is 2.39. The van der Waals surface area contributed by atoms with Crippen LogP contribution in [0.4, 0.5) is 0 Å². The lowest BCUT2D eigenvalue weighted by Crippen LogP contribution is -2.66. The molecule has 35 heavy (non-hydrogen) atoms. The zero-order valence-electron chi connectivity index (χ0n) is 21.2. The van der Waals surface area contributed by atoms with E-state index in [-0.39, 0.29) is 17.9 Å². The maximum atomic E-state index is 14.0. The van der Waals surface area contributed by atoms with Crippen LogP contribution in [-0.2, 0) is 15.1 Å². The van der Waals surface area contributed by atoms with Crippen LogP contribution in [0.5, 0.6) is 0 Å². The van der Waals surface area contributed by atoms with Crippen LogP contribution >= 0.6 is 0 Å². The van der Waals surface area contributed by atoms with Crippen LogP contribution in [0.3, 0.4) is 0 Å². The molecule has 0 unspecified atom stereocenters. The zero-order valence-corrected chi connectivity index (χ0v) is 21.2. The molecule has 0 amide bonds. The average molecular weight is 476 g/mol. The van der Waals surface area contributed by atoms with Crippen molar-refractivity contribution in [3.63, 3.8) is 0 Å². The summed E-state index contributed by atoms with van der Waals surface area (Å²) in [5.74, 6) is 0.458. The Bertz CT molecular complexity index is 1040. The van der Waals surface area contributed by atoms with Crippen LogP contribution < -0.4 is 0 Å². The van der Waals surface area contributed by atoms with Gasteiger partial charge in [-0.15, -0.1) is 0 Å². The number of fused-ring (bicyclic) bond motifs is 3. The first-order valence-corrected chi connectivity index (χ1v) is 13.4. The third kappa shape index (κ3) is 4.81. The Hall–Kier alpha value is -2.50. The monoisotopic (exact) mass is 475 g/mol. The van der Waals surface area contributed by atoms with Gasteiger partial charge in [0.1, 0.15) is 18.6 Å². The summed E-state index contributed by atoms with van der Waals surface area (Å²) in [5, 5.41) is 0. The van der Waals surface area contributed by atoms with Crippen molar-refractivity contribution in [2.45, 2.75) is 57.6 Å².